The normalized spacial score (nSPS) is 14.7. The molecule has 0 heterocycles. The Balaban J connectivity index is 1.88. The van der Waals surface area contributed by atoms with Gasteiger partial charge in [0.15, 0.2) is 11.5 Å². The molecule has 0 aliphatic heterocycles. The van der Waals surface area contributed by atoms with Crippen molar-refractivity contribution in [3.05, 3.63) is 53.6 Å². The molecule has 0 radical (unpaired) electrons. The Labute approximate surface area is 154 Å². The van der Waals surface area contributed by atoms with Gasteiger partial charge in [-0.2, -0.15) is 5.26 Å². The fourth-order valence-corrected chi connectivity index (χ4v) is 3.18. The lowest BCUT2D eigenvalue weighted by Crippen LogP contribution is -2.11. The summed E-state index contributed by atoms with van der Waals surface area (Å²) in [6.45, 7) is 0. The van der Waals surface area contributed by atoms with Crippen LogP contribution < -0.4 is 14.2 Å². The zero-order valence-electron chi connectivity index (χ0n) is 15.2. The zero-order chi connectivity index (χ0) is 18.4. The maximum Gasteiger partial charge on any atom is 0.162 e. The predicted octanol–water partition coefficient (Wildman–Crippen LogP) is 5.09. The second-order valence-corrected chi connectivity index (χ2v) is 6.33. The van der Waals surface area contributed by atoms with Crippen LogP contribution in [0.25, 0.3) is 11.6 Å². The summed E-state index contributed by atoms with van der Waals surface area (Å²) in [5.74, 6) is 2.22. The summed E-state index contributed by atoms with van der Waals surface area (Å²) in [6, 6.07) is 15.5. The molecule has 1 saturated carbocycles. The first-order chi connectivity index (χ1) is 12.7. The lowest BCUT2D eigenvalue weighted by Gasteiger charge is -2.16. The molecule has 4 nitrogen and oxygen atoms in total. The number of rotatable bonds is 6. The van der Waals surface area contributed by atoms with E-state index in [9.17, 15) is 5.26 Å². The van der Waals surface area contributed by atoms with Gasteiger partial charge in [-0.25, -0.2) is 0 Å². The second kappa shape index (κ2) is 8.44. The van der Waals surface area contributed by atoms with Crippen molar-refractivity contribution in [2.45, 2.75) is 31.8 Å². The Hall–Kier alpha value is -2.93. The van der Waals surface area contributed by atoms with E-state index in [0.29, 0.717) is 5.57 Å². The smallest absolute Gasteiger partial charge is 0.162 e. The Morgan fingerprint density at radius 1 is 1.00 bits per heavy atom. The monoisotopic (exact) mass is 349 g/mol. The van der Waals surface area contributed by atoms with E-state index in [1.165, 1.54) is 12.8 Å². The molecule has 2 aromatic rings. The molecule has 0 N–H and O–H groups in total. The third-order valence-corrected chi connectivity index (χ3v) is 4.62. The summed E-state index contributed by atoms with van der Waals surface area (Å²) in [4.78, 5) is 0. The highest BCUT2D eigenvalue weighted by Crippen LogP contribution is 2.33. The van der Waals surface area contributed by atoms with Crippen LogP contribution in [0.3, 0.4) is 0 Å². The molecule has 3 rings (SSSR count). The molecule has 1 fully saturated rings. The van der Waals surface area contributed by atoms with Crippen molar-refractivity contribution in [2.24, 2.45) is 0 Å². The van der Waals surface area contributed by atoms with Crippen LogP contribution in [0.1, 0.15) is 36.8 Å². The van der Waals surface area contributed by atoms with E-state index in [-0.39, 0.29) is 6.10 Å². The van der Waals surface area contributed by atoms with Gasteiger partial charge >= 0.3 is 0 Å². The van der Waals surface area contributed by atoms with E-state index in [0.717, 1.165) is 41.2 Å². The van der Waals surface area contributed by atoms with E-state index in [1.807, 2.05) is 48.5 Å². The third-order valence-electron chi connectivity index (χ3n) is 4.62. The zero-order valence-corrected chi connectivity index (χ0v) is 15.2. The molecule has 134 valence electrons. The first-order valence-corrected chi connectivity index (χ1v) is 8.84. The molecule has 0 amide bonds. The van der Waals surface area contributed by atoms with E-state index >= 15 is 0 Å². The van der Waals surface area contributed by atoms with Crippen molar-refractivity contribution in [3.63, 3.8) is 0 Å². The van der Waals surface area contributed by atoms with Crippen molar-refractivity contribution in [1.29, 1.82) is 5.26 Å². The maximum atomic E-state index is 9.56. The number of allylic oxidation sites excluding steroid dienone is 1. The summed E-state index contributed by atoms with van der Waals surface area (Å²) >= 11 is 0. The van der Waals surface area contributed by atoms with Gasteiger partial charge in [-0.15, -0.1) is 0 Å². The van der Waals surface area contributed by atoms with Gasteiger partial charge in [0.25, 0.3) is 0 Å². The van der Waals surface area contributed by atoms with Crippen molar-refractivity contribution in [1.82, 2.24) is 0 Å². The lowest BCUT2D eigenvalue weighted by molar-refractivity contribution is 0.201. The number of methoxy groups -OCH3 is 2. The first-order valence-electron chi connectivity index (χ1n) is 8.84. The lowest BCUT2D eigenvalue weighted by atomic mass is 10.0. The molecule has 0 aromatic heterocycles. The molecule has 1 aliphatic carbocycles. The summed E-state index contributed by atoms with van der Waals surface area (Å²) in [6.07, 6.45) is 6.70. The van der Waals surface area contributed by atoms with Gasteiger partial charge in [-0.3, -0.25) is 0 Å². The Morgan fingerprint density at radius 3 is 2.35 bits per heavy atom. The number of benzene rings is 2. The molecule has 0 spiro atoms. The van der Waals surface area contributed by atoms with Crippen LogP contribution in [0.15, 0.2) is 42.5 Å². The van der Waals surface area contributed by atoms with Crippen LogP contribution in [0, 0.1) is 11.3 Å². The van der Waals surface area contributed by atoms with Crippen molar-refractivity contribution < 1.29 is 14.2 Å². The number of nitrogens with zero attached hydrogens (tertiary/aromatic N) is 1. The molecule has 4 heteroatoms. The quantitative estimate of drug-likeness (QED) is 0.538. The van der Waals surface area contributed by atoms with Crippen LogP contribution in [0.5, 0.6) is 17.2 Å². The summed E-state index contributed by atoms with van der Waals surface area (Å²) in [5.41, 5.74) is 2.35. The standard InChI is InChI=1S/C22H23NO3/c1-24-19-10-8-17(9-11-19)18(15-23)13-16-7-12-21(25-2)22(14-16)26-20-5-3-4-6-20/h7-14,20H,3-6H2,1-2H3. The van der Waals surface area contributed by atoms with Gasteiger partial charge in [0.05, 0.1) is 32.0 Å². The van der Waals surface area contributed by atoms with Crippen LogP contribution in [0.2, 0.25) is 0 Å². The van der Waals surface area contributed by atoms with Gasteiger partial charge < -0.3 is 14.2 Å². The predicted molar refractivity (Wildman–Crippen MR) is 102 cm³/mol. The fourth-order valence-electron chi connectivity index (χ4n) is 3.18. The Kier molecular flexibility index (Phi) is 5.80. The summed E-state index contributed by atoms with van der Waals surface area (Å²) < 4.78 is 16.7. The number of ether oxygens (including phenoxy) is 3. The van der Waals surface area contributed by atoms with Crippen LogP contribution in [0.4, 0.5) is 0 Å². The molecule has 26 heavy (non-hydrogen) atoms. The minimum Gasteiger partial charge on any atom is -0.497 e. The number of hydrogen-bond donors (Lipinski definition) is 0. The van der Waals surface area contributed by atoms with E-state index in [1.54, 1.807) is 14.2 Å². The number of hydrogen-bond acceptors (Lipinski definition) is 4. The summed E-state index contributed by atoms with van der Waals surface area (Å²) in [5, 5.41) is 9.56. The molecule has 2 aromatic carbocycles. The highest BCUT2D eigenvalue weighted by Gasteiger charge is 2.18. The fraction of sp³-hybridized carbons (Fsp3) is 0.318. The van der Waals surface area contributed by atoms with E-state index in [2.05, 4.69) is 6.07 Å². The van der Waals surface area contributed by atoms with E-state index < -0.39 is 0 Å². The van der Waals surface area contributed by atoms with E-state index in [4.69, 9.17) is 14.2 Å². The van der Waals surface area contributed by atoms with Gasteiger partial charge in [-0.1, -0.05) is 6.07 Å². The van der Waals surface area contributed by atoms with Crippen molar-refractivity contribution in [3.8, 4) is 23.3 Å². The maximum absolute atomic E-state index is 9.56. The van der Waals surface area contributed by atoms with Crippen molar-refractivity contribution >= 4 is 11.6 Å². The SMILES string of the molecule is COc1ccc(C(C#N)=Cc2ccc(OC)c(OC3CCCC3)c2)cc1. The molecule has 1 aliphatic rings. The highest BCUT2D eigenvalue weighted by molar-refractivity contribution is 5.90. The molecule has 0 bridgehead atoms. The number of nitriles is 1. The van der Waals surface area contributed by atoms with Crippen LogP contribution in [-0.4, -0.2) is 20.3 Å². The Morgan fingerprint density at radius 2 is 1.73 bits per heavy atom. The largest absolute Gasteiger partial charge is 0.497 e. The second-order valence-electron chi connectivity index (χ2n) is 6.33. The average molecular weight is 349 g/mol. The van der Waals surface area contributed by atoms with Crippen molar-refractivity contribution in [2.75, 3.05) is 14.2 Å². The summed E-state index contributed by atoms with van der Waals surface area (Å²) in [7, 11) is 3.27. The molecule has 0 saturated heterocycles. The molecular weight excluding hydrogens is 326 g/mol. The molecule has 0 atom stereocenters. The van der Waals surface area contributed by atoms with Crippen LogP contribution >= 0.6 is 0 Å². The van der Waals surface area contributed by atoms with Gasteiger partial charge in [0.1, 0.15) is 5.75 Å². The molecular formula is C22H23NO3. The average Bonchev–Trinajstić information content (AvgIpc) is 3.19. The topological polar surface area (TPSA) is 51.5 Å². The third kappa shape index (κ3) is 4.18. The highest BCUT2D eigenvalue weighted by atomic mass is 16.5. The van der Waals surface area contributed by atoms with Crippen LogP contribution in [-0.2, 0) is 0 Å². The Bertz CT molecular complexity index is 812. The van der Waals surface area contributed by atoms with Gasteiger partial charge in [0, 0.05) is 0 Å². The minimum atomic E-state index is 0.250. The first kappa shape index (κ1) is 17.9. The van der Waals surface area contributed by atoms with Gasteiger partial charge in [-0.05, 0) is 79.3 Å². The van der Waals surface area contributed by atoms with Gasteiger partial charge in [0.2, 0.25) is 0 Å². The minimum absolute atomic E-state index is 0.250. The molecule has 0 unspecified atom stereocenters.